The summed E-state index contributed by atoms with van der Waals surface area (Å²) in [6, 6.07) is 5.43. The number of nitrogens with zero attached hydrogens (tertiary/aromatic N) is 2. The molecular formula is C20H22ClN3O4. The summed E-state index contributed by atoms with van der Waals surface area (Å²) in [5.74, 6) is -0.903. The van der Waals surface area contributed by atoms with E-state index in [1.165, 1.54) is 6.42 Å². The molecule has 4 rings (SSSR count). The van der Waals surface area contributed by atoms with Gasteiger partial charge in [0.25, 0.3) is 0 Å². The number of imide groups is 2. The zero-order valence-corrected chi connectivity index (χ0v) is 16.3. The first-order valence-corrected chi connectivity index (χ1v) is 9.97. The summed E-state index contributed by atoms with van der Waals surface area (Å²) in [6.07, 6.45) is 4.48. The van der Waals surface area contributed by atoms with Gasteiger partial charge in [-0.1, -0.05) is 18.0 Å². The normalized spacial score (nSPS) is 27.6. The predicted molar refractivity (Wildman–Crippen MR) is 102 cm³/mol. The van der Waals surface area contributed by atoms with Gasteiger partial charge in [0, 0.05) is 16.8 Å². The fourth-order valence-electron chi connectivity index (χ4n) is 4.97. The Morgan fingerprint density at radius 1 is 1.14 bits per heavy atom. The maximum atomic E-state index is 12.8. The summed E-state index contributed by atoms with van der Waals surface area (Å²) in [7, 11) is 0. The van der Waals surface area contributed by atoms with Gasteiger partial charge in [-0.2, -0.15) is 0 Å². The number of amides is 5. The number of urea groups is 1. The Labute approximate surface area is 168 Å². The molecule has 3 aliphatic rings. The van der Waals surface area contributed by atoms with Crippen molar-refractivity contribution in [3.05, 3.63) is 29.3 Å². The number of benzene rings is 1. The molecule has 3 fully saturated rings. The molecule has 5 amide bonds. The molecule has 2 aliphatic carbocycles. The molecule has 28 heavy (non-hydrogen) atoms. The van der Waals surface area contributed by atoms with Crippen molar-refractivity contribution in [2.75, 3.05) is 11.9 Å². The zero-order valence-electron chi connectivity index (χ0n) is 15.6. The minimum absolute atomic E-state index is 0.238. The second kappa shape index (κ2) is 7.20. The first-order chi connectivity index (χ1) is 13.3. The molecule has 0 radical (unpaired) electrons. The SMILES string of the molecule is C[C@H]([C@H]1C[C@H]2CC[C@H]1C2)N1C(=O)C(=O)N(CC(=O)Nc2ccc(Cl)cc2)C1=O. The van der Waals surface area contributed by atoms with Crippen LogP contribution in [-0.4, -0.2) is 46.1 Å². The summed E-state index contributed by atoms with van der Waals surface area (Å²) in [5.41, 5.74) is 0.493. The molecule has 8 heteroatoms. The second-order valence-electron chi connectivity index (χ2n) is 7.98. The molecule has 1 heterocycles. The van der Waals surface area contributed by atoms with Gasteiger partial charge >= 0.3 is 17.8 Å². The maximum absolute atomic E-state index is 12.8. The molecule has 1 aliphatic heterocycles. The van der Waals surface area contributed by atoms with Crippen LogP contribution in [0.1, 0.15) is 32.6 Å². The van der Waals surface area contributed by atoms with Crippen LogP contribution in [0.3, 0.4) is 0 Å². The number of hydrogen-bond acceptors (Lipinski definition) is 4. The summed E-state index contributed by atoms with van der Waals surface area (Å²) >= 11 is 5.81. The molecule has 1 aromatic carbocycles. The van der Waals surface area contributed by atoms with Gasteiger partial charge in [0.05, 0.1) is 0 Å². The summed E-state index contributed by atoms with van der Waals surface area (Å²) in [5, 5.41) is 3.13. The molecule has 0 unspecified atom stereocenters. The van der Waals surface area contributed by atoms with E-state index in [-0.39, 0.29) is 12.0 Å². The van der Waals surface area contributed by atoms with Gasteiger partial charge in [-0.15, -0.1) is 0 Å². The quantitative estimate of drug-likeness (QED) is 0.605. The van der Waals surface area contributed by atoms with Crippen LogP contribution in [0, 0.1) is 17.8 Å². The van der Waals surface area contributed by atoms with Crippen LogP contribution in [0.25, 0.3) is 0 Å². The lowest BCUT2D eigenvalue weighted by molar-refractivity contribution is -0.144. The Morgan fingerprint density at radius 2 is 1.86 bits per heavy atom. The Bertz CT molecular complexity index is 840. The molecule has 0 aromatic heterocycles. The third-order valence-electron chi connectivity index (χ3n) is 6.33. The standard InChI is InChI=1S/C20H22ClN3O4/c1-11(16-9-12-2-3-13(16)8-12)24-19(27)18(26)23(20(24)28)10-17(25)22-15-6-4-14(21)5-7-15/h4-7,11-13,16H,2-3,8-10H2,1H3,(H,22,25)/t11-,12+,13+,16-/m1/s1. The number of carbonyl (C=O) groups is 4. The van der Waals surface area contributed by atoms with E-state index < -0.39 is 30.3 Å². The highest BCUT2D eigenvalue weighted by atomic mass is 35.5. The molecule has 1 saturated heterocycles. The molecule has 2 bridgehead atoms. The highest BCUT2D eigenvalue weighted by Crippen LogP contribution is 2.50. The van der Waals surface area contributed by atoms with Crippen LogP contribution in [0.15, 0.2) is 24.3 Å². The molecule has 1 aromatic rings. The first-order valence-electron chi connectivity index (χ1n) is 9.59. The van der Waals surface area contributed by atoms with Gasteiger partial charge in [-0.3, -0.25) is 19.3 Å². The molecule has 4 atom stereocenters. The second-order valence-corrected chi connectivity index (χ2v) is 8.42. The molecule has 2 saturated carbocycles. The lowest BCUT2D eigenvalue weighted by atomic mass is 9.83. The third kappa shape index (κ3) is 3.28. The molecule has 7 nitrogen and oxygen atoms in total. The van der Waals surface area contributed by atoms with Crippen molar-refractivity contribution in [3.8, 4) is 0 Å². The fraction of sp³-hybridized carbons (Fsp3) is 0.500. The van der Waals surface area contributed by atoms with E-state index in [0.29, 0.717) is 22.5 Å². The highest BCUT2D eigenvalue weighted by Gasteiger charge is 2.52. The van der Waals surface area contributed by atoms with Crippen molar-refractivity contribution in [2.24, 2.45) is 17.8 Å². The third-order valence-corrected chi connectivity index (χ3v) is 6.59. The van der Waals surface area contributed by atoms with Crippen LogP contribution in [0.4, 0.5) is 10.5 Å². The average Bonchev–Trinajstić information content (AvgIpc) is 3.35. The minimum Gasteiger partial charge on any atom is -0.325 e. The van der Waals surface area contributed by atoms with Gasteiger partial charge in [0.2, 0.25) is 5.91 Å². The van der Waals surface area contributed by atoms with E-state index in [9.17, 15) is 19.2 Å². The van der Waals surface area contributed by atoms with Gasteiger partial charge < -0.3 is 5.32 Å². The summed E-state index contributed by atoms with van der Waals surface area (Å²) < 4.78 is 0. The highest BCUT2D eigenvalue weighted by molar-refractivity contribution is 6.45. The van der Waals surface area contributed by atoms with Gasteiger partial charge in [0.1, 0.15) is 6.54 Å². The molecule has 1 N–H and O–H groups in total. The predicted octanol–water partition coefficient (Wildman–Crippen LogP) is 2.89. The Balaban J connectivity index is 1.43. The number of carbonyl (C=O) groups excluding carboxylic acids is 4. The first kappa shape index (κ1) is 18.9. The van der Waals surface area contributed by atoms with E-state index in [1.54, 1.807) is 24.3 Å². The van der Waals surface area contributed by atoms with Gasteiger partial charge in [0.15, 0.2) is 0 Å². The van der Waals surface area contributed by atoms with Crippen LogP contribution >= 0.6 is 11.6 Å². The van der Waals surface area contributed by atoms with Crippen molar-refractivity contribution < 1.29 is 19.2 Å². The van der Waals surface area contributed by atoms with E-state index >= 15 is 0 Å². The average molecular weight is 404 g/mol. The fourth-order valence-corrected chi connectivity index (χ4v) is 5.10. The van der Waals surface area contributed by atoms with Crippen molar-refractivity contribution in [3.63, 3.8) is 0 Å². The van der Waals surface area contributed by atoms with Crippen molar-refractivity contribution >= 4 is 41.0 Å². The van der Waals surface area contributed by atoms with Crippen molar-refractivity contribution in [1.82, 2.24) is 9.80 Å². The topological polar surface area (TPSA) is 86.8 Å². The molecule has 148 valence electrons. The van der Waals surface area contributed by atoms with Gasteiger partial charge in [-0.25, -0.2) is 9.69 Å². The maximum Gasteiger partial charge on any atom is 0.334 e. The van der Waals surface area contributed by atoms with E-state index in [4.69, 9.17) is 11.6 Å². The smallest absolute Gasteiger partial charge is 0.325 e. The number of nitrogens with one attached hydrogen (secondary N) is 1. The monoisotopic (exact) mass is 403 g/mol. The summed E-state index contributed by atoms with van der Waals surface area (Å²) in [6.45, 7) is 1.34. The van der Waals surface area contributed by atoms with Crippen molar-refractivity contribution in [2.45, 2.75) is 38.6 Å². The molecular weight excluding hydrogens is 382 g/mol. The number of fused-ring (bicyclic) bond motifs is 2. The number of halogens is 1. The largest absolute Gasteiger partial charge is 0.334 e. The Kier molecular flexibility index (Phi) is 4.87. The van der Waals surface area contributed by atoms with Crippen LogP contribution in [0.5, 0.6) is 0 Å². The zero-order chi connectivity index (χ0) is 20.0. The van der Waals surface area contributed by atoms with Gasteiger partial charge in [-0.05, 0) is 68.2 Å². The van der Waals surface area contributed by atoms with Crippen molar-refractivity contribution in [1.29, 1.82) is 0 Å². The molecule has 0 spiro atoms. The van der Waals surface area contributed by atoms with E-state index in [0.717, 1.165) is 29.1 Å². The van der Waals surface area contributed by atoms with E-state index in [2.05, 4.69) is 5.32 Å². The minimum atomic E-state index is -0.939. The van der Waals surface area contributed by atoms with Crippen LogP contribution in [-0.2, 0) is 14.4 Å². The van der Waals surface area contributed by atoms with Crippen LogP contribution < -0.4 is 5.32 Å². The Hall–Kier alpha value is -2.41. The number of rotatable bonds is 5. The van der Waals surface area contributed by atoms with E-state index in [1.807, 2.05) is 6.92 Å². The number of anilines is 1. The van der Waals surface area contributed by atoms with Crippen LogP contribution in [0.2, 0.25) is 5.02 Å². The Morgan fingerprint density at radius 3 is 2.46 bits per heavy atom. The number of hydrogen-bond donors (Lipinski definition) is 1. The summed E-state index contributed by atoms with van der Waals surface area (Å²) in [4.78, 5) is 51.7. The lowest BCUT2D eigenvalue weighted by Crippen LogP contribution is -2.45. The lowest BCUT2D eigenvalue weighted by Gasteiger charge is -2.32.